The Morgan fingerprint density at radius 1 is 1.28 bits per heavy atom. The summed E-state index contributed by atoms with van der Waals surface area (Å²) in [5, 5.41) is 25.4. The number of nitrogens with zero attached hydrogens (tertiary/aromatic N) is 2. The number of phenols is 2. The monoisotopic (exact) mass is 249 g/mol. The van der Waals surface area contributed by atoms with Crippen molar-refractivity contribution in [1.82, 2.24) is 15.5 Å². The van der Waals surface area contributed by atoms with Crippen molar-refractivity contribution in [2.45, 2.75) is 19.9 Å². The van der Waals surface area contributed by atoms with Crippen molar-refractivity contribution >= 4 is 0 Å². The fraction of sp³-hybridized carbons (Fsp3) is 0.333. The van der Waals surface area contributed by atoms with E-state index in [1.807, 2.05) is 0 Å². The van der Waals surface area contributed by atoms with Crippen LogP contribution in [-0.2, 0) is 13.0 Å². The summed E-state index contributed by atoms with van der Waals surface area (Å²) in [5.74, 6) is 1.02. The standard InChI is InChI=1S/C12H15N3O3/c1-8-14-12(18-15-8)4-5-13-7-9-2-3-10(16)11(17)6-9/h2-3,6,13,16-17H,4-5,7H2,1H3. The molecule has 0 unspecified atom stereocenters. The first-order chi connectivity index (χ1) is 8.65. The molecule has 0 fully saturated rings. The minimum Gasteiger partial charge on any atom is -0.504 e. The highest BCUT2D eigenvalue weighted by atomic mass is 16.5. The highest BCUT2D eigenvalue weighted by Crippen LogP contribution is 2.24. The molecule has 0 saturated carbocycles. The summed E-state index contributed by atoms with van der Waals surface area (Å²) in [6, 6.07) is 4.74. The van der Waals surface area contributed by atoms with Crippen molar-refractivity contribution in [3.05, 3.63) is 35.5 Å². The first-order valence-corrected chi connectivity index (χ1v) is 5.66. The van der Waals surface area contributed by atoms with Crippen LogP contribution in [0.1, 0.15) is 17.3 Å². The lowest BCUT2D eigenvalue weighted by Crippen LogP contribution is -2.16. The number of rotatable bonds is 5. The average molecular weight is 249 g/mol. The third kappa shape index (κ3) is 3.21. The summed E-state index contributed by atoms with van der Waals surface area (Å²) in [4.78, 5) is 4.09. The Morgan fingerprint density at radius 2 is 2.11 bits per heavy atom. The zero-order valence-electron chi connectivity index (χ0n) is 10.1. The molecule has 0 aliphatic heterocycles. The van der Waals surface area contributed by atoms with Crippen molar-refractivity contribution in [3.8, 4) is 11.5 Å². The van der Waals surface area contributed by atoms with Crippen LogP contribution >= 0.6 is 0 Å². The van der Waals surface area contributed by atoms with Gasteiger partial charge in [0.2, 0.25) is 5.89 Å². The van der Waals surface area contributed by atoms with Crippen LogP contribution in [0.3, 0.4) is 0 Å². The summed E-state index contributed by atoms with van der Waals surface area (Å²) in [6.07, 6.45) is 0.658. The molecular formula is C12H15N3O3. The molecule has 2 aromatic rings. The van der Waals surface area contributed by atoms with Crippen LogP contribution in [0, 0.1) is 6.92 Å². The molecule has 6 nitrogen and oxygen atoms in total. The second-order valence-corrected chi connectivity index (χ2v) is 3.99. The third-order valence-electron chi connectivity index (χ3n) is 2.45. The van der Waals surface area contributed by atoms with Crippen molar-refractivity contribution < 1.29 is 14.7 Å². The molecule has 0 atom stereocenters. The van der Waals surface area contributed by atoms with E-state index in [1.165, 1.54) is 12.1 Å². The largest absolute Gasteiger partial charge is 0.504 e. The average Bonchev–Trinajstić information content (AvgIpc) is 2.75. The normalized spacial score (nSPS) is 10.7. The second kappa shape index (κ2) is 5.50. The van der Waals surface area contributed by atoms with Crippen molar-refractivity contribution in [1.29, 1.82) is 0 Å². The minimum absolute atomic E-state index is 0.109. The highest BCUT2D eigenvalue weighted by Gasteiger charge is 2.03. The van der Waals surface area contributed by atoms with Gasteiger partial charge in [-0.3, -0.25) is 0 Å². The van der Waals surface area contributed by atoms with Gasteiger partial charge in [0.05, 0.1) is 0 Å². The number of hydrogen-bond acceptors (Lipinski definition) is 6. The molecule has 18 heavy (non-hydrogen) atoms. The van der Waals surface area contributed by atoms with E-state index in [0.29, 0.717) is 31.2 Å². The highest BCUT2D eigenvalue weighted by molar-refractivity contribution is 5.40. The summed E-state index contributed by atoms with van der Waals surface area (Å²) < 4.78 is 4.98. The van der Waals surface area contributed by atoms with E-state index in [9.17, 15) is 5.11 Å². The molecule has 0 radical (unpaired) electrons. The summed E-state index contributed by atoms with van der Waals surface area (Å²) >= 11 is 0. The second-order valence-electron chi connectivity index (χ2n) is 3.99. The number of nitrogens with one attached hydrogen (secondary N) is 1. The Bertz CT molecular complexity index is 525. The van der Waals surface area contributed by atoms with E-state index in [0.717, 1.165) is 5.56 Å². The van der Waals surface area contributed by atoms with Gasteiger partial charge in [-0.05, 0) is 24.6 Å². The molecule has 96 valence electrons. The molecule has 0 bridgehead atoms. The Hall–Kier alpha value is -2.08. The Labute approximate surface area is 104 Å². The maximum absolute atomic E-state index is 9.33. The Kier molecular flexibility index (Phi) is 3.78. The molecule has 0 amide bonds. The molecule has 0 spiro atoms. The predicted octanol–water partition coefficient (Wildman–Crippen LogP) is 1.12. The van der Waals surface area contributed by atoms with Crippen LogP contribution in [0.25, 0.3) is 0 Å². The third-order valence-corrected chi connectivity index (χ3v) is 2.45. The van der Waals surface area contributed by atoms with Crippen LogP contribution in [0.5, 0.6) is 11.5 Å². The number of hydrogen-bond donors (Lipinski definition) is 3. The molecule has 1 aromatic heterocycles. The van der Waals surface area contributed by atoms with Gasteiger partial charge in [-0.15, -0.1) is 0 Å². The van der Waals surface area contributed by atoms with E-state index < -0.39 is 0 Å². The van der Waals surface area contributed by atoms with Gasteiger partial charge in [0.15, 0.2) is 17.3 Å². The molecule has 1 aromatic carbocycles. The molecule has 2 rings (SSSR count). The summed E-state index contributed by atoms with van der Waals surface area (Å²) in [7, 11) is 0. The van der Waals surface area contributed by atoms with E-state index in [2.05, 4.69) is 15.5 Å². The number of aromatic hydroxyl groups is 2. The molecule has 3 N–H and O–H groups in total. The van der Waals surface area contributed by atoms with Crippen LogP contribution < -0.4 is 5.32 Å². The van der Waals surface area contributed by atoms with Crippen LogP contribution in [0.4, 0.5) is 0 Å². The quantitative estimate of drug-likeness (QED) is 0.543. The van der Waals surface area contributed by atoms with Crippen LogP contribution in [0.15, 0.2) is 22.7 Å². The molecular weight excluding hydrogens is 234 g/mol. The predicted molar refractivity (Wildman–Crippen MR) is 64.2 cm³/mol. The van der Waals surface area contributed by atoms with Crippen LogP contribution in [-0.4, -0.2) is 26.9 Å². The zero-order valence-corrected chi connectivity index (χ0v) is 10.1. The van der Waals surface area contributed by atoms with E-state index >= 15 is 0 Å². The molecule has 1 heterocycles. The summed E-state index contributed by atoms with van der Waals surface area (Å²) in [6.45, 7) is 3.07. The van der Waals surface area contributed by atoms with Gasteiger partial charge in [0.25, 0.3) is 0 Å². The lowest BCUT2D eigenvalue weighted by Gasteiger charge is -2.04. The van der Waals surface area contributed by atoms with E-state index in [-0.39, 0.29) is 11.5 Å². The van der Waals surface area contributed by atoms with Gasteiger partial charge in [0.1, 0.15) is 0 Å². The zero-order chi connectivity index (χ0) is 13.0. The Morgan fingerprint density at radius 3 is 2.78 bits per heavy atom. The molecule has 6 heteroatoms. The van der Waals surface area contributed by atoms with Crippen molar-refractivity contribution in [2.24, 2.45) is 0 Å². The van der Waals surface area contributed by atoms with Gasteiger partial charge >= 0.3 is 0 Å². The maximum atomic E-state index is 9.33. The molecule has 0 aliphatic carbocycles. The minimum atomic E-state index is -0.111. The van der Waals surface area contributed by atoms with Gasteiger partial charge < -0.3 is 20.1 Å². The van der Waals surface area contributed by atoms with Crippen molar-refractivity contribution in [2.75, 3.05) is 6.54 Å². The first kappa shape index (κ1) is 12.4. The maximum Gasteiger partial charge on any atom is 0.227 e. The molecule has 0 aliphatic rings. The Balaban J connectivity index is 1.76. The van der Waals surface area contributed by atoms with Gasteiger partial charge in [0, 0.05) is 19.5 Å². The van der Waals surface area contributed by atoms with Crippen molar-refractivity contribution in [3.63, 3.8) is 0 Å². The SMILES string of the molecule is Cc1noc(CCNCc2ccc(O)c(O)c2)n1. The first-order valence-electron chi connectivity index (χ1n) is 5.66. The lowest BCUT2D eigenvalue weighted by atomic mass is 10.2. The number of aryl methyl sites for hydroxylation is 1. The smallest absolute Gasteiger partial charge is 0.227 e. The van der Waals surface area contributed by atoms with Gasteiger partial charge in [-0.25, -0.2) is 0 Å². The van der Waals surface area contributed by atoms with E-state index in [1.54, 1.807) is 13.0 Å². The van der Waals surface area contributed by atoms with Gasteiger partial charge in [-0.2, -0.15) is 4.98 Å². The number of phenolic OH excluding ortho intramolecular Hbond substituents is 2. The fourth-order valence-corrected chi connectivity index (χ4v) is 1.55. The number of aromatic nitrogens is 2. The topological polar surface area (TPSA) is 91.4 Å². The number of benzene rings is 1. The van der Waals surface area contributed by atoms with E-state index in [4.69, 9.17) is 9.63 Å². The lowest BCUT2D eigenvalue weighted by molar-refractivity contribution is 0.372. The summed E-state index contributed by atoms with van der Waals surface area (Å²) in [5.41, 5.74) is 0.895. The fourth-order valence-electron chi connectivity index (χ4n) is 1.55. The van der Waals surface area contributed by atoms with Crippen LogP contribution in [0.2, 0.25) is 0 Å². The molecule has 0 saturated heterocycles. The van der Waals surface area contributed by atoms with Gasteiger partial charge in [-0.1, -0.05) is 11.2 Å².